The number of hydrogen-bond acceptors (Lipinski definition) is 2. The number of nitrogens with one attached hydrogen (secondary N) is 1. The standard InChI is InChI=1S/C10H6BrClFNO2/c11-5-2-1-4(3-6(5)13)7-8(12)10(16)14-9(7)15/h1-3,7-8H,(H,14,15,16). The van der Waals surface area contributed by atoms with Crippen LogP contribution >= 0.6 is 27.5 Å². The van der Waals surface area contributed by atoms with Gasteiger partial charge in [0.2, 0.25) is 11.8 Å². The van der Waals surface area contributed by atoms with Crippen molar-refractivity contribution in [3.05, 3.63) is 34.1 Å². The van der Waals surface area contributed by atoms with Gasteiger partial charge >= 0.3 is 0 Å². The molecule has 6 heteroatoms. The maximum atomic E-state index is 13.3. The third kappa shape index (κ3) is 1.85. The Kier molecular flexibility index (Phi) is 2.99. The average Bonchev–Trinajstić information content (AvgIpc) is 2.47. The second-order valence-corrected chi connectivity index (χ2v) is 4.73. The van der Waals surface area contributed by atoms with E-state index in [1.165, 1.54) is 12.1 Å². The molecular weight excluding hydrogens is 300 g/mol. The Morgan fingerprint density at radius 1 is 1.31 bits per heavy atom. The van der Waals surface area contributed by atoms with Gasteiger partial charge in [0.05, 0.1) is 10.4 Å². The fourth-order valence-electron chi connectivity index (χ4n) is 1.58. The molecule has 2 unspecified atom stereocenters. The molecule has 3 nitrogen and oxygen atoms in total. The van der Waals surface area contributed by atoms with Crippen molar-refractivity contribution in [2.45, 2.75) is 11.3 Å². The van der Waals surface area contributed by atoms with E-state index in [2.05, 4.69) is 21.2 Å². The number of alkyl halides is 1. The second kappa shape index (κ2) is 4.14. The molecule has 0 saturated carbocycles. The maximum Gasteiger partial charge on any atom is 0.245 e. The van der Waals surface area contributed by atoms with Crippen LogP contribution in [-0.2, 0) is 9.59 Å². The van der Waals surface area contributed by atoms with E-state index in [-0.39, 0.29) is 0 Å². The first kappa shape index (κ1) is 11.5. The molecule has 2 atom stereocenters. The molecular formula is C10H6BrClFNO2. The fourth-order valence-corrected chi connectivity index (χ4v) is 2.14. The molecule has 16 heavy (non-hydrogen) atoms. The molecule has 1 aromatic rings. The van der Waals surface area contributed by atoms with Crippen molar-refractivity contribution in [2.75, 3.05) is 0 Å². The summed E-state index contributed by atoms with van der Waals surface area (Å²) in [5.41, 5.74) is 0.393. The van der Waals surface area contributed by atoms with Crippen molar-refractivity contribution in [1.29, 1.82) is 0 Å². The van der Waals surface area contributed by atoms with E-state index in [4.69, 9.17) is 11.6 Å². The smallest absolute Gasteiger partial charge is 0.245 e. The first-order valence-corrected chi connectivity index (χ1v) is 5.67. The molecule has 1 aliphatic heterocycles. The molecule has 1 aromatic carbocycles. The molecule has 0 aromatic heterocycles. The minimum atomic E-state index is -0.979. The predicted molar refractivity (Wildman–Crippen MR) is 59.6 cm³/mol. The molecule has 1 aliphatic rings. The van der Waals surface area contributed by atoms with E-state index >= 15 is 0 Å². The summed E-state index contributed by atoms with van der Waals surface area (Å²) in [5, 5.41) is 1.13. The van der Waals surface area contributed by atoms with Crippen LogP contribution in [0, 0.1) is 5.82 Å². The molecule has 0 bridgehead atoms. The summed E-state index contributed by atoms with van der Waals surface area (Å²) >= 11 is 8.79. The summed E-state index contributed by atoms with van der Waals surface area (Å²) in [6.07, 6.45) is 0. The number of hydrogen-bond donors (Lipinski definition) is 1. The van der Waals surface area contributed by atoms with Gasteiger partial charge in [-0.05, 0) is 33.6 Å². The van der Waals surface area contributed by atoms with E-state index < -0.39 is 28.9 Å². The highest BCUT2D eigenvalue weighted by Crippen LogP contribution is 2.30. The summed E-state index contributed by atoms with van der Waals surface area (Å²) in [4.78, 5) is 22.6. The Labute approximate surface area is 104 Å². The van der Waals surface area contributed by atoms with Gasteiger partial charge in [-0.1, -0.05) is 6.07 Å². The minimum absolute atomic E-state index is 0.298. The Bertz CT molecular complexity index is 480. The Balaban J connectivity index is 2.40. The van der Waals surface area contributed by atoms with Gasteiger partial charge in [-0.3, -0.25) is 14.9 Å². The van der Waals surface area contributed by atoms with Gasteiger partial charge in [-0.2, -0.15) is 0 Å². The van der Waals surface area contributed by atoms with E-state index in [0.29, 0.717) is 10.0 Å². The molecule has 2 amide bonds. The van der Waals surface area contributed by atoms with Crippen LogP contribution < -0.4 is 5.32 Å². The lowest BCUT2D eigenvalue weighted by Crippen LogP contribution is -2.22. The number of rotatable bonds is 1. The minimum Gasteiger partial charge on any atom is -0.295 e. The largest absolute Gasteiger partial charge is 0.295 e. The number of benzene rings is 1. The lowest BCUT2D eigenvalue weighted by molar-refractivity contribution is -0.125. The third-order valence-electron chi connectivity index (χ3n) is 2.37. The lowest BCUT2D eigenvalue weighted by atomic mass is 9.97. The van der Waals surface area contributed by atoms with Gasteiger partial charge in [0.1, 0.15) is 11.2 Å². The zero-order valence-corrected chi connectivity index (χ0v) is 10.2. The summed E-state index contributed by atoms with van der Waals surface area (Å²) in [6.45, 7) is 0. The first-order chi connectivity index (χ1) is 7.50. The van der Waals surface area contributed by atoms with Gasteiger partial charge in [0, 0.05) is 0 Å². The number of carbonyl (C=O) groups is 2. The lowest BCUT2D eigenvalue weighted by Gasteiger charge is -2.10. The van der Waals surface area contributed by atoms with Crippen molar-refractivity contribution in [2.24, 2.45) is 0 Å². The van der Waals surface area contributed by atoms with Crippen molar-refractivity contribution in [3.63, 3.8) is 0 Å². The summed E-state index contributed by atoms with van der Waals surface area (Å²) in [5.74, 6) is -2.35. The highest BCUT2D eigenvalue weighted by atomic mass is 79.9. The molecule has 1 fully saturated rings. The molecule has 1 N–H and O–H groups in total. The van der Waals surface area contributed by atoms with Crippen LogP contribution in [0.5, 0.6) is 0 Å². The number of halogens is 3. The SMILES string of the molecule is O=C1NC(=O)C(c2ccc(Br)c(F)c2)C1Cl. The zero-order valence-electron chi connectivity index (χ0n) is 7.84. The molecule has 0 spiro atoms. The number of imide groups is 1. The maximum absolute atomic E-state index is 13.3. The van der Waals surface area contributed by atoms with E-state index in [9.17, 15) is 14.0 Å². The van der Waals surface area contributed by atoms with Gasteiger partial charge < -0.3 is 0 Å². The Morgan fingerprint density at radius 3 is 2.50 bits per heavy atom. The Hall–Kier alpha value is -0.940. The van der Waals surface area contributed by atoms with Crippen LogP contribution in [0.2, 0.25) is 0 Å². The monoisotopic (exact) mass is 305 g/mol. The van der Waals surface area contributed by atoms with Crippen molar-refractivity contribution in [3.8, 4) is 0 Å². The van der Waals surface area contributed by atoms with Crippen molar-refractivity contribution >= 4 is 39.3 Å². The number of amides is 2. The normalized spacial score (nSPS) is 24.7. The molecule has 84 valence electrons. The molecule has 0 aliphatic carbocycles. The van der Waals surface area contributed by atoms with Gasteiger partial charge in [0.15, 0.2) is 0 Å². The fraction of sp³-hybridized carbons (Fsp3) is 0.200. The predicted octanol–water partition coefficient (Wildman–Crippen LogP) is 1.94. The summed E-state index contributed by atoms with van der Waals surface area (Å²) in [6, 6.07) is 4.23. The van der Waals surface area contributed by atoms with Crippen LogP contribution in [-0.4, -0.2) is 17.2 Å². The first-order valence-electron chi connectivity index (χ1n) is 4.44. The van der Waals surface area contributed by atoms with Crippen molar-refractivity contribution in [1.82, 2.24) is 5.32 Å². The third-order valence-corrected chi connectivity index (χ3v) is 3.47. The van der Waals surface area contributed by atoms with Crippen LogP contribution in [0.3, 0.4) is 0 Å². The quantitative estimate of drug-likeness (QED) is 0.636. The van der Waals surface area contributed by atoms with Gasteiger partial charge in [-0.15, -0.1) is 11.6 Å². The van der Waals surface area contributed by atoms with Crippen LogP contribution in [0.25, 0.3) is 0 Å². The van der Waals surface area contributed by atoms with Crippen LogP contribution in [0.4, 0.5) is 4.39 Å². The average molecular weight is 307 g/mol. The van der Waals surface area contributed by atoms with E-state index in [1.807, 2.05) is 0 Å². The van der Waals surface area contributed by atoms with Gasteiger partial charge in [-0.25, -0.2) is 4.39 Å². The zero-order chi connectivity index (χ0) is 11.9. The number of carbonyl (C=O) groups excluding carboxylic acids is 2. The topological polar surface area (TPSA) is 46.2 Å². The molecule has 1 heterocycles. The van der Waals surface area contributed by atoms with Crippen molar-refractivity contribution < 1.29 is 14.0 Å². The summed E-state index contributed by atoms with van der Waals surface area (Å²) < 4.78 is 13.6. The highest BCUT2D eigenvalue weighted by Gasteiger charge is 2.41. The molecule has 0 radical (unpaired) electrons. The van der Waals surface area contributed by atoms with Gasteiger partial charge in [0.25, 0.3) is 0 Å². The van der Waals surface area contributed by atoms with E-state index in [0.717, 1.165) is 0 Å². The molecule has 2 rings (SSSR count). The summed E-state index contributed by atoms with van der Waals surface area (Å²) in [7, 11) is 0. The second-order valence-electron chi connectivity index (χ2n) is 3.41. The Morgan fingerprint density at radius 2 is 2.00 bits per heavy atom. The highest BCUT2D eigenvalue weighted by molar-refractivity contribution is 9.10. The molecule has 1 saturated heterocycles. The van der Waals surface area contributed by atoms with E-state index in [1.54, 1.807) is 6.07 Å². The van der Waals surface area contributed by atoms with Crippen LogP contribution in [0.15, 0.2) is 22.7 Å². The van der Waals surface area contributed by atoms with Crippen LogP contribution in [0.1, 0.15) is 11.5 Å².